The van der Waals surface area contributed by atoms with E-state index in [2.05, 4.69) is 17.4 Å². The molecule has 19 heavy (non-hydrogen) atoms. The summed E-state index contributed by atoms with van der Waals surface area (Å²) in [6.45, 7) is 0. The molecule has 3 nitrogen and oxygen atoms in total. The Morgan fingerprint density at radius 2 is 1.89 bits per heavy atom. The summed E-state index contributed by atoms with van der Waals surface area (Å²) in [7, 11) is 0. The van der Waals surface area contributed by atoms with Crippen LogP contribution in [0.15, 0.2) is 18.2 Å². The lowest BCUT2D eigenvalue weighted by Crippen LogP contribution is -2.40. The van der Waals surface area contributed by atoms with Gasteiger partial charge in [-0.1, -0.05) is 18.9 Å². The van der Waals surface area contributed by atoms with Gasteiger partial charge in [-0.15, -0.1) is 0 Å². The van der Waals surface area contributed by atoms with E-state index in [0.717, 1.165) is 37.8 Å². The van der Waals surface area contributed by atoms with E-state index in [4.69, 9.17) is 5.73 Å². The lowest BCUT2D eigenvalue weighted by atomic mass is 9.84. The van der Waals surface area contributed by atoms with Crippen LogP contribution in [0.25, 0.3) is 0 Å². The summed E-state index contributed by atoms with van der Waals surface area (Å²) in [6.07, 6.45) is 7.74. The SMILES string of the molecule is NC1CCCCC1C(=O)Nc1ccc2c(c1)CCC2. The number of benzene rings is 1. The second-order valence-electron chi connectivity index (χ2n) is 5.88. The average molecular weight is 258 g/mol. The Bertz CT molecular complexity index is 484. The molecule has 2 atom stereocenters. The maximum absolute atomic E-state index is 12.3. The minimum absolute atomic E-state index is 0.0120. The number of anilines is 1. The van der Waals surface area contributed by atoms with Crippen LogP contribution < -0.4 is 11.1 Å². The van der Waals surface area contributed by atoms with Crippen LogP contribution >= 0.6 is 0 Å². The number of amides is 1. The van der Waals surface area contributed by atoms with Crippen molar-refractivity contribution in [2.45, 2.75) is 51.0 Å². The standard InChI is InChI=1S/C16H22N2O/c17-15-7-2-1-6-14(15)16(19)18-13-9-8-11-4-3-5-12(11)10-13/h8-10,14-15H,1-7,17H2,(H,18,19). The summed E-state index contributed by atoms with van der Waals surface area (Å²) in [5, 5.41) is 3.05. The number of carbonyl (C=O) groups is 1. The van der Waals surface area contributed by atoms with Crippen LogP contribution in [-0.4, -0.2) is 11.9 Å². The zero-order valence-corrected chi connectivity index (χ0v) is 11.3. The summed E-state index contributed by atoms with van der Waals surface area (Å²) in [6, 6.07) is 6.34. The molecule has 1 fully saturated rings. The molecule has 2 unspecified atom stereocenters. The summed E-state index contributed by atoms with van der Waals surface area (Å²) < 4.78 is 0. The van der Waals surface area contributed by atoms with E-state index in [1.165, 1.54) is 24.0 Å². The Balaban J connectivity index is 1.69. The van der Waals surface area contributed by atoms with Crippen LogP contribution in [0.1, 0.15) is 43.2 Å². The predicted molar refractivity (Wildman–Crippen MR) is 77.0 cm³/mol. The van der Waals surface area contributed by atoms with Gasteiger partial charge in [0.15, 0.2) is 0 Å². The third-order valence-electron chi connectivity index (χ3n) is 4.52. The van der Waals surface area contributed by atoms with E-state index in [0.29, 0.717) is 0 Å². The zero-order valence-electron chi connectivity index (χ0n) is 11.3. The first kappa shape index (κ1) is 12.7. The maximum atomic E-state index is 12.3. The number of nitrogens with one attached hydrogen (secondary N) is 1. The molecule has 2 aliphatic rings. The van der Waals surface area contributed by atoms with Gasteiger partial charge < -0.3 is 11.1 Å². The largest absolute Gasteiger partial charge is 0.327 e. The molecule has 2 aliphatic carbocycles. The van der Waals surface area contributed by atoms with Crippen molar-refractivity contribution in [1.82, 2.24) is 0 Å². The van der Waals surface area contributed by atoms with E-state index in [-0.39, 0.29) is 17.9 Å². The number of nitrogens with two attached hydrogens (primary N) is 1. The lowest BCUT2D eigenvalue weighted by Gasteiger charge is -2.27. The topological polar surface area (TPSA) is 55.1 Å². The van der Waals surface area contributed by atoms with E-state index < -0.39 is 0 Å². The van der Waals surface area contributed by atoms with Crippen molar-refractivity contribution in [2.75, 3.05) is 5.32 Å². The van der Waals surface area contributed by atoms with Gasteiger partial charge in [-0.25, -0.2) is 0 Å². The summed E-state index contributed by atoms with van der Waals surface area (Å²) in [5.41, 5.74) is 9.83. The number of aryl methyl sites for hydroxylation is 2. The average Bonchev–Trinajstić information content (AvgIpc) is 2.86. The van der Waals surface area contributed by atoms with Crippen LogP contribution in [0, 0.1) is 5.92 Å². The third-order valence-corrected chi connectivity index (χ3v) is 4.52. The van der Waals surface area contributed by atoms with Crippen LogP contribution in [0.5, 0.6) is 0 Å². The van der Waals surface area contributed by atoms with Gasteiger partial charge in [0.2, 0.25) is 5.91 Å². The number of fused-ring (bicyclic) bond motifs is 1. The maximum Gasteiger partial charge on any atom is 0.229 e. The fourth-order valence-corrected chi connectivity index (χ4v) is 3.37. The molecule has 3 N–H and O–H groups in total. The van der Waals surface area contributed by atoms with Crippen molar-refractivity contribution in [3.05, 3.63) is 29.3 Å². The first-order valence-corrected chi connectivity index (χ1v) is 7.42. The van der Waals surface area contributed by atoms with Gasteiger partial charge in [0.1, 0.15) is 0 Å². The molecule has 1 aromatic rings. The zero-order chi connectivity index (χ0) is 13.2. The van der Waals surface area contributed by atoms with Crippen molar-refractivity contribution in [3.63, 3.8) is 0 Å². The number of rotatable bonds is 2. The van der Waals surface area contributed by atoms with E-state index in [9.17, 15) is 4.79 Å². The highest BCUT2D eigenvalue weighted by Gasteiger charge is 2.28. The molecule has 0 spiro atoms. The summed E-state index contributed by atoms with van der Waals surface area (Å²) in [5.74, 6) is 0.0900. The number of carbonyl (C=O) groups excluding carboxylic acids is 1. The van der Waals surface area contributed by atoms with Gasteiger partial charge in [0.05, 0.1) is 5.92 Å². The fourth-order valence-electron chi connectivity index (χ4n) is 3.37. The van der Waals surface area contributed by atoms with Crippen molar-refractivity contribution < 1.29 is 4.79 Å². The Hall–Kier alpha value is -1.35. The van der Waals surface area contributed by atoms with Crippen LogP contribution in [-0.2, 0) is 17.6 Å². The van der Waals surface area contributed by atoms with Gasteiger partial charge in [-0.3, -0.25) is 4.79 Å². The molecule has 0 aliphatic heterocycles. The highest BCUT2D eigenvalue weighted by Crippen LogP contribution is 2.27. The smallest absolute Gasteiger partial charge is 0.229 e. The second kappa shape index (κ2) is 5.33. The Morgan fingerprint density at radius 3 is 2.74 bits per heavy atom. The van der Waals surface area contributed by atoms with Crippen LogP contribution in [0.2, 0.25) is 0 Å². The summed E-state index contributed by atoms with van der Waals surface area (Å²) in [4.78, 5) is 12.3. The third kappa shape index (κ3) is 2.66. The first-order chi connectivity index (χ1) is 9.24. The van der Waals surface area contributed by atoms with Crippen molar-refractivity contribution in [2.24, 2.45) is 11.7 Å². The van der Waals surface area contributed by atoms with Crippen molar-refractivity contribution in [1.29, 1.82) is 0 Å². The first-order valence-electron chi connectivity index (χ1n) is 7.42. The molecule has 3 rings (SSSR count). The molecule has 1 aromatic carbocycles. The van der Waals surface area contributed by atoms with E-state index in [1.807, 2.05) is 6.07 Å². The Morgan fingerprint density at radius 1 is 1.11 bits per heavy atom. The molecule has 0 aromatic heterocycles. The monoisotopic (exact) mass is 258 g/mol. The Labute approximate surface area is 114 Å². The fraction of sp³-hybridized carbons (Fsp3) is 0.562. The molecular weight excluding hydrogens is 236 g/mol. The van der Waals surface area contributed by atoms with Gasteiger partial charge >= 0.3 is 0 Å². The number of hydrogen-bond acceptors (Lipinski definition) is 2. The van der Waals surface area contributed by atoms with Gasteiger partial charge in [0.25, 0.3) is 0 Å². The van der Waals surface area contributed by atoms with Crippen molar-refractivity contribution in [3.8, 4) is 0 Å². The minimum atomic E-state index is -0.0120. The van der Waals surface area contributed by atoms with Gasteiger partial charge in [0, 0.05) is 11.7 Å². The van der Waals surface area contributed by atoms with Crippen molar-refractivity contribution >= 4 is 11.6 Å². The molecule has 3 heteroatoms. The highest BCUT2D eigenvalue weighted by atomic mass is 16.1. The Kier molecular flexibility index (Phi) is 3.56. The molecule has 102 valence electrons. The predicted octanol–water partition coefficient (Wildman–Crippen LogP) is 2.63. The highest BCUT2D eigenvalue weighted by molar-refractivity contribution is 5.93. The molecule has 0 saturated heterocycles. The lowest BCUT2D eigenvalue weighted by molar-refractivity contribution is -0.121. The molecular formula is C16H22N2O. The number of hydrogen-bond donors (Lipinski definition) is 2. The van der Waals surface area contributed by atoms with Crippen LogP contribution in [0.3, 0.4) is 0 Å². The molecule has 1 amide bonds. The molecule has 0 heterocycles. The van der Waals surface area contributed by atoms with Crippen LogP contribution in [0.4, 0.5) is 5.69 Å². The van der Waals surface area contributed by atoms with E-state index >= 15 is 0 Å². The molecule has 0 bridgehead atoms. The minimum Gasteiger partial charge on any atom is -0.327 e. The summed E-state index contributed by atoms with van der Waals surface area (Å²) >= 11 is 0. The molecule has 1 saturated carbocycles. The second-order valence-corrected chi connectivity index (χ2v) is 5.88. The van der Waals surface area contributed by atoms with Gasteiger partial charge in [-0.05, 0) is 55.4 Å². The van der Waals surface area contributed by atoms with E-state index in [1.54, 1.807) is 0 Å². The van der Waals surface area contributed by atoms with Gasteiger partial charge in [-0.2, -0.15) is 0 Å². The quantitative estimate of drug-likeness (QED) is 0.856. The molecule has 0 radical (unpaired) electrons. The normalized spacial score (nSPS) is 25.9.